The van der Waals surface area contributed by atoms with Gasteiger partial charge in [-0.1, -0.05) is 5.21 Å². The zero-order chi connectivity index (χ0) is 12.3. The molecule has 0 saturated carbocycles. The van der Waals surface area contributed by atoms with E-state index in [1.807, 2.05) is 0 Å². The van der Waals surface area contributed by atoms with E-state index in [4.69, 9.17) is 10.8 Å². The fourth-order valence-electron chi connectivity index (χ4n) is 1.05. The van der Waals surface area contributed by atoms with Gasteiger partial charge in [0.15, 0.2) is 11.0 Å². The van der Waals surface area contributed by atoms with Gasteiger partial charge in [-0.25, -0.2) is 4.98 Å². The highest BCUT2D eigenvalue weighted by Crippen LogP contribution is 2.19. The smallest absolute Gasteiger partial charge is 0.326 e. The number of hydrogen-bond acceptors (Lipinski definition) is 8. The number of carboxylic acid groups (broad SMARTS) is 1. The summed E-state index contributed by atoms with van der Waals surface area (Å²) in [7, 11) is 0. The quantitative estimate of drug-likeness (QED) is 0.552. The minimum Gasteiger partial charge on any atom is -0.480 e. The van der Waals surface area contributed by atoms with Crippen molar-refractivity contribution in [3.63, 3.8) is 0 Å². The van der Waals surface area contributed by atoms with Crippen molar-refractivity contribution in [1.29, 1.82) is 0 Å². The Morgan fingerprint density at radius 1 is 1.71 bits per heavy atom. The molecule has 1 atom stereocenters. The van der Waals surface area contributed by atoms with Gasteiger partial charge < -0.3 is 16.2 Å². The van der Waals surface area contributed by atoms with Crippen molar-refractivity contribution in [3.05, 3.63) is 16.9 Å². The number of aromatic amines is 1. The number of anilines is 1. The highest BCUT2D eigenvalue weighted by Gasteiger charge is 2.17. The van der Waals surface area contributed by atoms with Gasteiger partial charge in [0.05, 0.1) is 12.2 Å². The van der Waals surface area contributed by atoms with E-state index in [1.165, 1.54) is 11.3 Å². The average molecular weight is 255 g/mol. The van der Waals surface area contributed by atoms with Crippen LogP contribution in [0.25, 0.3) is 0 Å². The fraction of sp³-hybridized carbons (Fsp3) is 0.286. The Hall–Kier alpha value is -2.07. The van der Waals surface area contributed by atoms with E-state index in [9.17, 15) is 4.79 Å². The molecule has 0 saturated heterocycles. The van der Waals surface area contributed by atoms with Crippen LogP contribution in [0.3, 0.4) is 0 Å². The molecule has 9 nitrogen and oxygen atoms in total. The lowest BCUT2D eigenvalue weighted by atomic mass is 10.2. The molecule has 2 aromatic heterocycles. The predicted octanol–water partition coefficient (Wildman–Crippen LogP) is -0.647. The van der Waals surface area contributed by atoms with Gasteiger partial charge >= 0.3 is 5.97 Å². The first kappa shape index (κ1) is 11.4. The summed E-state index contributed by atoms with van der Waals surface area (Å²) in [4.78, 5) is 14.7. The molecule has 1 unspecified atom stereocenters. The van der Waals surface area contributed by atoms with Crippen LogP contribution in [0.1, 0.15) is 17.6 Å². The van der Waals surface area contributed by atoms with Crippen LogP contribution in [0.4, 0.5) is 5.13 Å². The van der Waals surface area contributed by atoms with Crippen LogP contribution in [-0.2, 0) is 11.3 Å². The van der Waals surface area contributed by atoms with Crippen molar-refractivity contribution < 1.29 is 9.90 Å². The zero-order valence-corrected chi connectivity index (χ0v) is 9.31. The molecule has 0 fully saturated rings. The van der Waals surface area contributed by atoms with E-state index < -0.39 is 12.0 Å². The standard InChI is InChI=1S/C7H9N7O2S/c8-5(6(15)16)3-2-17-7(10-3)9-1-4-11-13-14-12-4/h2,5H,1,8H2,(H,9,10)(H,15,16)(H,11,12,13,14). The third-order valence-corrected chi connectivity index (χ3v) is 2.71. The Morgan fingerprint density at radius 3 is 3.18 bits per heavy atom. The maximum absolute atomic E-state index is 10.6. The molecule has 90 valence electrons. The largest absolute Gasteiger partial charge is 0.480 e. The third-order valence-electron chi connectivity index (χ3n) is 1.89. The third kappa shape index (κ3) is 2.73. The average Bonchev–Trinajstić information content (AvgIpc) is 2.96. The van der Waals surface area contributed by atoms with E-state index in [1.54, 1.807) is 5.38 Å². The molecule has 0 aliphatic carbocycles. The number of nitrogens with zero attached hydrogens (tertiary/aromatic N) is 4. The van der Waals surface area contributed by atoms with Gasteiger partial charge in [-0.3, -0.25) is 4.79 Å². The van der Waals surface area contributed by atoms with Gasteiger partial charge in [0.25, 0.3) is 0 Å². The number of carbonyl (C=O) groups is 1. The number of tetrazole rings is 1. The number of hydrogen-bond donors (Lipinski definition) is 4. The van der Waals surface area contributed by atoms with Crippen molar-refractivity contribution in [2.75, 3.05) is 5.32 Å². The first-order valence-electron chi connectivity index (χ1n) is 4.57. The molecule has 0 aliphatic heterocycles. The van der Waals surface area contributed by atoms with Crippen LogP contribution in [0, 0.1) is 0 Å². The van der Waals surface area contributed by atoms with Crippen LogP contribution < -0.4 is 11.1 Å². The maximum Gasteiger partial charge on any atom is 0.326 e. The van der Waals surface area contributed by atoms with Crippen LogP contribution in [-0.4, -0.2) is 36.7 Å². The number of nitrogens with one attached hydrogen (secondary N) is 2. The van der Waals surface area contributed by atoms with E-state index in [0.717, 1.165) is 0 Å². The molecule has 2 rings (SSSR count). The van der Waals surface area contributed by atoms with E-state index in [-0.39, 0.29) is 0 Å². The van der Waals surface area contributed by atoms with Crippen molar-refractivity contribution in [3.8, 4) is 0 Å². The number of rotatable bonds is 5. The summed E-state index contributed by atoms with van der Waals surface area (Å²) in [5.74, 6) is -0.621. The van der Waals surface area contributed by atoms with Crippen LogP contribution >= 0.6 is 11.3 Å². The number of nitrogens with two attached hydrogens (primary N) is 1. The second-order valence-corrected chi connectivity index (χ2v) is 3.93. The van der Waals surface area contributed by atoms with Gasteiger partial charge in [-0.2, -0.15) is 5.21 Å². The second kappa shape index (κ2) is 4.84. The molecule has 0 spiro atoms. The first-order chi connectivity index (χ1) is 8.16. The summed E-state index contributed by atoms with van der Waals surface area (Å²) in [5.41, 5.74) is 5.74. The Morgan fingerprint density at radius 2 is 2.53 bits per heavy atom. The number of aromatic nitrogens is 5. The number of thiazole rings is 1. The topological polar surface area (TPSA) is 143 Å². The summed E-state index contributed by atoms with van der Waals surface area (Å²) in [5, 5.41) is 27.0. The predicted molar refractivity (Wildman–Crippen MR) is 58.2 cm³/mol. The lowest BCUT2D eigenvalue weighted by Crippen LogP contribution is -2.20. The second-order valence-electron chi connectivity index (χ2n) is 3.08. The molecule has 0 aromatic carbocycles. The Bertz CT molecular complexity index is 496. The van der Waals surface area contributed by atoms with Gasteiger partial charge in [0.2, 0.25) is 0 Å². The highest BCUT2D eigenvalue weighted by atomic mass is 32.1. The van der Waals surface area contributed by atoms with Crippen molar-refractivity contribution in [1.82, 2.24) is 25.6 Å². The monoisotopic (exact) mass is 255 g/mol. The maximum atomic E-state index is 10.6. The molecule has 0 amide bonds. The lowest BCUT2D eigenvalue weighted by Gasteiger charge is -2.01. The fourth-order valence-corrected chi connectivity index (χ4v) is 1.79. The molecule has 10 heteroatoms. The summed E-state index contributed by atoms with van der Waals surface area (Å²) in [6, 6.07) is -1.10. The summed E-state index contributed by atoms with van der Waals surface area (Å²) < 4.78 is 0. The first-order valence-corrected chi connectivity index (χ1v) is 5.45. The minimum atomic E-state index is -1.11. The molecular weight excluding hydrogens is 246 g/mol. The zero-order valence-electron chi connectivity index (χ0n) is 8.49. The Kier molecular flexibility index (Phi) is 3.25. The van der Waals surface area contributed by atoms with Crippen LogP contribution in [0.15, 0.2) is 5.38 Å². The van der Waals surface area contributed by atoms with Crippen molar-refractivity contribution >= 4 is 22.4 Å². The number of carboxylic acids is 1. The van der Waals surface area contributed by atoms with Crippen LogP contribution in [0.5, 0.6) is 0 Å². The van der Waals surface area contributed by atoms with Crippen molar-refractivity contribution in [2.24, 2.45) is 5.73 Å². The highest BCUT2D eigenvalue weighted by molar-refractivity contribution is 7.13. The summed E-state index contributed by atoms with van der Waals surface area (Å²) in [6.45, 7) is 0.353. The SMILES string of the molecule is NC(C(=O)O)c1csc(NCc2nn[nH]n2)n1. The van der Waals surface area contributed by atoms with E-state index in [2.05, 4.69) is 30.9 Å². The molecular formula is C7H9N7O2S. The Balaban J connectivity index is 1.96. The van der Waals surface area contributed by atoms with E-state index in [0.29, 0.717) is 23.2 Å². The molecule has 0 aliphatic rings. The molecule has 0 bridgehead atoms. The lowest BCUT2D eigenvalue weighted by molar-refractivity contribution is -0.138. The van der Waals surface area contributed by atoms with Crippen molar-refractivity contribution in [2.45, 2.75) is 12.6 Å². The van der Waals surface area contributed by atoms with Gasteiger partial charge in [0.1, 0.15) is 6.04 Å². The molecule has 2 aromatic rings. The molecule has 0 radical (unpaired) electrons. The number of aliphatic carboxylic acids is 1. The van der Waals surface area contributed by atoms with Gasteiger partial charge in [-0.15, -0.1) is 21.5 Å². The molecule has 17 heavy (non-hydrogen) atoms. The molecule has 5 N–H and O–H groups in total. The minimum absolute atomic E-state index is 0.318. The van der Waals surface area contributed by atoms with E-state index >= 15 is 0 Å². The summed E-state index contributed by atoms with van der Waals surface area (Å²) in [6.07, 6.45) is 0. The molecule has 2 heterocycles. The Labute approximate surface area is 99.1 Å². The number of H-pyrrole nitrogens is 1. The van der Waals surface area contributed by atoms with Crippen LogP contribution in [0.2, 0.25) is 0 Å². The van der Waals surface area contributed by atoms with Gasteiger partial charge in [-0.05, 0) is 0 Å². The van der Waals surface area contributed by atoms with Gasteiger partial charge in [0, 0.05) is 5.38 Å². The summed E-state index contributed by atoms with van der Waals surface area (Å²) >= 11 is 1.27. The normalized spacial score (nSPS) is 12.3.